The quantitative estimate of drug-likeness (QED) is 0.819. The second-order valence-corrected chi connectivity index (χ2v) is 5.41. The summed E-state index contributed by atoms with van der Waals surface area (Å²) in [5.74, 6) is -0.767. The molecule has 0 amide bonds. The molecule has 0 fully saturated rings. The molecular weight excluding hydrogens is 218 g/mol. The van der Waals surface area contributed by atoms with E-state index < -0.39 is 5.97 Å². The van der Waals surface area contributed by atoms with E-state index in [0.717, 1.165) is 11.4 Å². The predicted octanol–water partition coefficient (Wildman–Crippen LogP) is 1.61. The van der Waals surface area contributed by atoms with Crippen LogP contribution in [0.2, 0.25) is 0 Å². The number of carbonyl (C=O) groups is 1. The summed E-state index contributed by atoms with van der Waals surface area (Å²) in [5, 5.41) is 15.9. The van der Waals surface area contributed by atoms with E-state index in [-0.39, 0.29) is 11.8 Å². The van der Waals surface area contributed by atoms with Crippen molar-refractivity contribution in [2.75, 3.05) is 13.6 Å². The number of hydrogen-bond donors (Lipinski definition) is 2. The topological polar surface area (TPSA) is 69.2 Å². The highest BCUT2D eigenvalue weighted by Gasteiger charge is 2.17. The minimum absolute atomic E-state index is 0.0361. The molecular formula is C12H21N3O2. The van der Waals surface area contributed by atoms with E-state index in [2.05, 4.69) is 31.0 Å². The Morgan fingerprint density at radius 3 is 2.65 bits per heavy atom. The molecule has 0 saturated heterocycles. The minimum Gasteiger partial charge on any atom is -0.481 e. The molecule has 1 aromatic rings. The summed E-state index contributed by atoms with van der Waals surface area (Å²) >= 11 is 0. The number of H-pyrrole nitrogens is 1. The molecule has 17 heavy (non-hydrogen) atoms. The van der Waals surface area contributed by atoms with Crippen LogP contribution >= 0.6 is 0 Å². The monoisotopic (exact) mass is 239 g/mol. The van der Waals surface area contributed by atoms with Gasteiger partial charge in [0.2, 0.25) is 0 Å². The summed E-state index contributed by atoms with van der Waals surface area (Å²) in [5.41, 5.74) is 2.08. The van der Waals surface area contributed by atoms with Gasteiger partial charge in [0.15, 0.2) is 0 Å². The van der Waals surface area contributed by atoms with E-state index >= 15 is 0 Å². The van der Waals surface area contributed by atoms with E-state index in [1.165, 1.54) is 0 Å². The Morgan fingerprint density at radius 1 is 1.53 bits per heavy atom. The molecule has 0 spiro atoms. The number of aromatic nitrogens is 2. The van der Waals surface area contributed by atoms with Gasteiger partial charge in [-0.1, -0.05) is 20.8 Å². The first kappa shape index (κ1) is 13.7. The van der Waals surface area contributed by atoms with Crippen molar-refractivity contribution in [2.45, 2.75) is 39.2 Å². The van der Waals surface area contributed by atoms with Crippen LogP contribution in [0.25, 0.3) is 0 Å². The van der Waals surface area contributed by atoms with Crippen molar-refractivity contribution < 1.29 is 9.90 Å². The van der Waals surface area contributed by atoms with Crippen molar-refractivity contribution in [1.82, 2.24) is 15.1 Å². The van der Waals surface area contributed by atoms with Gasteiger partial charge in [-0.25, -0.2) is 0 Å². The molecule has 2 N–H and O–H groups in total. The molecule has 0 aromatic carbocycles. The van der Waals surface area contributed by atoms with Crippen LogP contribution in [-0.4, -0.2) is 39.8 Å². The zero-order chi connectivity index (χ0) is 13.1. The number of aromatic amines is 1. The van der Waals surface area contributed by atoms with Gasteiger partial charge in [0, 0.05) is 24.2 Å². The van der Waals surface area contributed by atoms with Crippen LogP contribution in [0.5, 0.6) is 0 Å². The van der Waals surface area contributed by atoms with E-state index in [1.807, 2.05) is 18.0 Å². The summed E-state index contributed by atoms with van der Waals surface area (Å²) < 4.78 is 0. The highest BCUT2D eigenvalue weighted by atomic mass is 16.4. The maximum absolute atomic E-state index is 10.4. The second-order valence-electron chi connectivity index (χ2n) is 5.41. The lowest BCUT2D eigenvalue weighted by Gasteiger charge is -2.14. The Labute approximate surface area is 102 Å². The summed E-state index contributed by atoms with van der Waals surface area (Å²) in [6.07, 6.45) is 0.163. The molecule has 96 valence electrons. The van der Waals surface area contributed by atoms with Crippen molar-refractivity contribution >= 4 is 5.97 Å². The van der Waals surface area contributed by atoms with Gasteiger partial charge in [-0.15, -0.1) is 0 Å². The van der Waals surface area contributed by atoms with E-state index in [4.69, 9.17) is 5.11 Å². The lowest BCUT2D eigenvalue weighted by molar-refractivity contribution is -0.137. The number of nitrogens with one attached hydrogen (secondary N) is 1. The normalized spacial score (nSPS) is 12.1. The zero-order valence-corrected chi connectivity index (χ0v) is 10.9. The number of carboxylic acids is 1. The number of nitrogens with zero attached hydrogens (tertiary/aromatic N) is 2. The van der Waals surface area contributed by atoms with Crippen molar-refractivity contribution in [1.29, 1.82) is 0 Å². The van der Waals surface area contributed by atoms with Gasteiger partial charge in [0.1, 0.15) is 0 Å². The fraction of sp³-hybridized carbons (Fsp3) is 0.667. The Kier molecular flexibility index (Phi) is 4.28. The van der Waals surface area contributed by atoms with Gasteiger partial charge >= 0.3 is 5.97 Å². The number of hydrogen-bond acceptors (Lipinski definition) is 3. The lowest BCUT2D eigenvalue weighted by atomic mass is 9.92. The average molecular weight is 239 g/mol. The van der Waals surface area contributed by atoms with Gasteiger partial charge in [-0.2, -0.15) is 5.10 Å². The third kappa shape index (κ3) is 4.56. The van der Waals surface area contributed by atoms with Gasteiger partial charge < -0.3 is 5.11 Å². The summed E-state index contributed by atoms with van der Waals surface area (Å²) in [6.45, 7) is 7.57. The van der Waals surface area contributed by atoms with Crippen LogP contribution in [0.4, 0.5) is 0 Å². The third-order valence-corrected chi connectivity index (χ3v) is 2.55. The molecule has 5 nitrogen and oxygen atoms in total. The number of carboxylic acid groups (broad SMARTS) is 1. The molecule has 0 aliphatic heterocycles. The van der Waals surface area contributed by atoms with Crippen LogP contribution in [0.1, 0.15) is 38.6 Å². The van der Waals surface area contributed by atoms with Crippen LogP contribution < -0.4 is 0 Å². The predicted molar refractivity (Wildman–Crippen MR) is 65.9 cm³/mol. The van der Waals surface area contributed by atoms with Crippen LogP contribution in [0.3, 0.4) is 0 Å². The molecule has 5 heteroatoms. The molecule has 1 aromatic heterocycles. The van der Waals surface area contributed by atoms with Gasteiger partial charge in [-0.05, 0) is 13.1 Å². The number of rotatable bonds is 5. The van der Waals surface area contributed by atoms with Crippen molar-refractivity contribution in [3.8, 4) is 0 Å². The highest BCUT2D eigenvalue weighted by molar-refractivity contribution is 5.66. The first-order valence-corrected chi connectivity index (χ1v) is 5.74. The first-order chi connectivity index (χ1) is 7.79. The highest BCUT2D eigenvalue weighted by Crippen LogP contribution is 2.20. The molecule has 0 aliphatic rings. The summed E-state index contributed by atoms with van der Waals surface area (Å²) in [4.78, 5) is 12.4. The molecule has 0 unspecified atom stereocenters. The zero-order valence-electron chi connectivity index (χ0n) is 10.9. The van der Waals surface area contributed by atoms with Gasteiger partial charge in [-0.3, -0.25) is 14.8 Å². The molecule has 0 atom stereocenters. The van der Waals surface area contributed by atoms with Gasteiger partial charge in [0.05, 0.1) is 12.1 Å². The summed E-state index contributed by atoms with van der Waals surface area (Å²) in [6, 6.07) is 2.04. The molecule has 0 aliphatic carbocycles. The van der Waals surface area contributed by atoms with E-state index in [0.29, 0.717) is 13.1 Å². The first-order valence-electron chi connectivity index (χ1n) is 5.74. The second kappa shape index (κ2) is 5.31. The fourth-order valence-electron chi connectivity index (χ4n) is 1.48. The van der Waals surface area contributed by atoms with E-state index in [1.54, 1.807) is 0 Å². The Hall–Kier alpha value is -1.36. The van der Waals surface area contributed by atoms with Crippen molar-refractivity contribution in [3.63, 3.8) is 0 Å². The summed E-state index contributed by atoms with van der Waals surface area (Å²) in [7, 11) is 1.90. The van der Waals surface area contributed by atoms with Gasteiger partial charge in [0.25, 0.3) is 0 Å². The minimum atomic E-state index is -0.767. The Bertz CT molecular complexity index is 379. The molecule has 1 rings (SSSR count). The van der Waals surface area contributed by atoms with Crippen molar-refractivity contribution in [2.24, 2.45) is 0 Å². The largest absolute Gasteiger partial charge is 0.481 e. The molecule has 0 saturated carbocycles. The van der Waals surface area contributed by atoms with Crippen LogP contribution in [-0.2, 0) is 16.8 Å². The maximum atomic E-state index is 10.4. The number of aliphatic carboxylic acids is 1. The van der Waals surface area contributed by atoms with Crippen molar-refractivity contribution in [3.05, 3.63) is 17.5 Å². The molecule has 0 bridgehead atoms. The Balaban J connectivity index is 2.52. The van der Waals surface area contributed by atoms with E-state index in [9.17, 15) is 4.79 Å². The lowest BCUT2D eigenvalue weighted by Crippen LogP contribution is -2.21. The fourth-order valence-corrected chi connectivity index (χ4v) is 1.48. The smallest absolute Gasteiger partial charge is 0.304 e. The molecule has 1 heterocycles. The average Bonchev–Trinajstić information content (AvgIpc) is 2.62. The van der Waals surface area contributed by atoms with Crippen LogP contribution in [0.15, 0.2) is 6.07 Å². The Morgan fingerprint density at radius 2 is 2.18 bits per heavy atom. The van der Waals surface area contributed by atoms with Crippen LogP contribution in [0, 0.1) is 0 Å². The standard InChI is InChI=1S/C12H21N3O2/c1-12(2,3)10-7-9(13-14-10)8-15(4)6-5-11(16)17/h7H,5-6,8H2,1-4H3,(H,13,14)(H,16,17). The third-order valence-electron chi connectivity index (χ3n) is 2.55. The maximum Gasteiger partial charge on any atom is 0.304 e. The SMILES string of the molecule is CN(CCC(=O)O)Cc1cc(C(C)(C)C)n[nH]1. The molecule has 0 radical (unpaired) electrons.